The largest absolute Gasteiger partial charge is 0.367 e. The summed E-state index contributed by atoms with van der Waals surface area (Å²) in [7, 11) is 0. The molecule has 1 atom stereocenters. The number of nitro benzene ring substituents is 2. The fraction of sp³-hybridized carbons (Fsp3) is 0.231. The Balaban J connectivity index is 1.55. The summed E-state index contributed by atoms with van der Waals surface area (Å²) in [5, 5.41) is 30.2. The molecule has 12 nitrogen and oxygen atoms in total. The van der Waals surface area contributed by atoms with Gasteiger partial charge >= 0.3 is 5.69 Å². The molecule has 1 heterocycles. The van der Waals surface area contributed by atoms with Gasteiger partial charge in [-0.05, 0) is 56.7 Å². The Bertz CT molecular complexity index is 1510. The van der Waals surface area contributed by atoms with Gasteiger partial charge in [-0.1, -0.05) is 23.7 Å². The lowest BCUT2D eigenvalue weighted by Gasteiger charge is -2.32. The molecule has 1 unspecified atom stereocenters. The molecule has 13 heteroatoms. The molecule has 0 saturated carbocycles. The van der Waals surface area contributed by atoms with Gasteiger partial charge in [-0.2, -0.15) is 0 Å². The van der Waals surface area contributed by atoms with Crippen molar-refractivity contribution < 1.29 is 19.4 Å². The van der Waals surface area contributed by atoms with Crippen LogP contribution in [0.2, 0.25) is 5.02 Å². The average Bonchev–Trinajstić information content (AvgIpc) is 3.13. The van der Waals surface area contributed by atoms with Crippen LogP contribution in [0.5, 0.6) is 0 Å². The number of halogens is 1. The maximum Gasteiger partial charge on any atom is 0.305 e. The number of aryl methyl sites for hydroxylation is 1. The highest BCUT2D eigenvalue weighted by atomic mass is 35.5. The number of amides is 2. The van der Waals surface area contributed by atoms with Crippen LogP contribution in [0.3, 0.4) is 0 Å². The first kappa shape index (κ1) is 27.3. The predicted molar refractivity (Wildman–Crippen MR) is 144 cm³/mol. The van der Waals surface area contributed by atoms with Crippen LogP contribution >= 0.6 is 11.6 Å². The normalized spacial score (nSPS) is 13.6. The molecule has 3 aromatic rings. The lowest BCUT2D eigenvalue weighted by Crippen LogP contribution is -2.44. The molecular formula is C26H23ClN6O6. The average molecular weight is 551 g/mol. The minimum Gasteiger partial charge on any atom is -0.367 e. The summed E-state index contributed by atoms with van der Waals surface area (Å²) < 4.78 is 0. The van der Waals surface area contributed by atoms with E-state index in [9.17, 15) is 29.8 Å². The quantitative estimate of drug-likeness (QED) is 0.129. The standard InChI is InChI=1S/C26H23ClN6O6/c1-4-30(16(3)14-31-25(34)19-7-5-6-8-20(19)26(31)35)17-9-10-22(15(2)11-17)28-29-24-21(27)12-18(32(36)37)13-23(24)33(38)39/h5-13,16H,4,14H2,1-3H3/b29-28+. The molecule has 0 saturated heterocycles. The summed E-state index contributed by atoms with van der Waals surface area (Å²) in [6, 6.07) is 13.6. The summed E-state index contributed by atoms with van der Waals surface area (Å²) in [4.78, 5) is 49.8. The highest BCUT2D eigenvalue weighted by Crippen LogP contribution is 2.40. The Morgan fingerprint density at radius 3 is 2.15 bits per heavy atom. The Kier molecular flexibility index (Phi) is 7.68. The number of azo groups is 1. The van der Waals surface area contributed by atoms with Crippen molar-refractivity contribution >= 4 is 51.9 Å². The SMILES string of the molecule is CCN(c1ccc(/N=N/c2c(Cl)cc([N+](=O)[O-])cc2[N+](=O)[O-])c(C)c1)C(C)CN1C(=O)c2ccccc2C1=O. The van der Waals surface area contributed by atoms with E-state index in [1.807, 2.05) is 24.8 Å². The summed E-state index contributed by atoms with van der Waals surface area (Å²) >= 11 is 6.05. The number of rotatable bonds is 9. The molecular weight excluding hydrogens is 528 g/mol. The summed E-state index contributed by atoms with van der Waals surface area (Å²) in [6.45, 7) is 6.45. The Morgan fingerprint density at radius 1 is 0.974 bits per heavy atom. The number of nitrogens with zero attached hydrogens (tertiary/aromatic N) is 6. The third kappa shape index (κ3) is 5.32. The molecule has 1 aliphatic rings. The minimum atomic E-state index is -0.807. The van der Waals surface area contributed by atoms with Gasteiger partial charge < -0.3 is 4.90 Å². The number of fused-ring (bicyclic) bond motifs is 1. The summed E-state index contributed by atoms with van der Waals surface area (Å²) in [5.74, 6) is -0.631. The molecule has 4 rings (SSSR count). The Morgan fingerprint density at radius 2 is 1.62 bits per heavy atom. The van der Waals surface area contributed by atoms with Crippen LogP contribution in [0.15, 0.2) is 64.8 Å². The molecule has 0 aliphatic carbocycles. The molecule has 2 amide bonds. The molecule has 0 fully saturated rings. The maximum absolute atomic E-state index is 12.8. The third-order valence-corrected chi connectivity index (χ3v) is 6.69. The fourth-order valence-corrected chi connectivity index (χ4v) is 4.71. The van der Waals surface area contributed by atoms with E-state index in [1.54, 1.807) is 43.3 Å². The third-order valence-electron chi connectivity index (χ3n) is 6.40. The van der Waals surface area contributed by atoms with Crippen molar-refractivity contribution in [2.45, 2.75) is 26.8 Å². The number of carbonyl (C=O) groups is 2. The monoisotopic (exact) mass is 550 g/mol. The topological polar surface area (TPSA) is 152 Å². The van der Waals surface area contributed by atoms with Gasteiger partial charge in [-0.3, -0.25) is 34.7 Å². The van der Waals surface area contributed by atoms with Crippen LogP contribution in [-0.2, 0) is 0 Å². The predicted octanol–water partition coefficient (Wildman–Crippen LogP) is 6.39. The molecule has 0 N–H and O–H groups in total. The molecule has 0 spiro atoms. The van der Waals surface area contributed by atoms with Crippen LogP contribution in [0.1, 0.15) is 40.1 Å². The Hall–Kier alpha value is -4.71. The second-order valence-electron chi connectivity index (χ2n) is 8.88. The van der Waals surface area contributed by atoms with Gasteiger partial charge in [0.1, 0.15) is 0 Å². The number of non-ortho nitro benzene ring substituents is 1. The molecule has 0 aromatic heterocycles. The zero-order chi connectivity index (χ0) is 28.4. The van der Waals surface area contributed by atoms with Crippen molar-refractivity contribution in [3.8, 4) is 0 Å². The van der Waals surface area contributed by atoms with Gasteiger partial charge in [-0.25, -0.2) is 0 Å². The van der Waals surface area contributed by atoms with Crippen LogP contribution in [0, 0.1) is 27.2 Å². The van der Waals surface area contributed by atoms with Crippen LogP contribution < -0.4 is 4.90 Å². The van der Waals surface area contributed by atoms with Gasteiger partial charge in [0.15, 0.2) is 5.69 Å². The fourth-order valence-electron chi connectivity index (χ4n) is 4.47. The minimum absolute atomic E-state index is 0.197. The molecule has 39 heavy (non-hydrogen) atoms. The van der Waals surface area contributed by atoms with E-state index in [0.717, 1.165) is 17.8 Å². The summed E-state index contributed by atoms with van der Waals surface area (Å²) in [5.41, 5.74) is 1.27. The van der Waals surface area contributed by atoms with E-state index >= 15 is 0 Å². The molecule has 0 bridgehead atoms. The zero-order valence-corrected chi connectivity index (χ0v) is 22.0. The highest BCUT2D eigenvalue weighted by molar-refractivity contribution is 6.33. The van der Waals surface area contributed by atoms with E-state index in [2.05, 4.69) is 10.2 Å². The van der Waals surface area contributed by atoms with Crippen molar-refractivity contribution in [2.24, 2.45) is 10.2 Å². The van der Waals surface area contributed by atoms with Gasteiger partial charge in [0.25, 0.3) is 17.5 Å². The van der Waals surface area contributed by atoms with Crippen molar-refractivity contribution in [3.05, 3.63) is 96.5 Å². The Labute approximate surface area is 227 Å². The van der Waals surface area contributed by atoms with Crippen LogP contribution in [0.25, 0.3) is 0 Å². The molecule has 0 radical (unpaired) electrons. The van der Waals surface area contributed by atoms with E-state index in [4.69, 9.17) is 11.6 Å². The van der Waals surface area contributed by atoms with Gasteiger partial charge in [0.05, 0.1) is 37.7 Å². The first-order valence-corrected chi connectivity index (χ1v) is 12.3. The number of likely N-dealkylation sites (N-methyl/N-ethyl adjacent to an activating group) is 1. The molecule has 1 aliphatic heterocycles. The lowest BCUT2D eigenvalue weighted by molar-refractivity contribution is -0.393. The van der Waals surface area contributed by atoms with Crippen molar-refractivity contribution in [1.29, 1.82) is 0 Å². The first-order valence-electron chi connectivity index (χ1n) is 11.9. The van der Waals surface area contributed by atoms with Crippen LogP contribution in [-0.4, -0.2) is 45.7 Å². The van der Waals surface area contributed by atoms with E-state index in [0.29, 0.717) is 28.9 Å². The second kappa shape index (κ2) is 11.0. The molecule has 3 aromatic carbocycles. The number of hydrogen-bond donors (Lipinski definition) is 0. The second-order valence-corrected chi connectivity index (χ2v) is 9.29. The highest BCUT2D eigenvalue weighted by Gasteiger charge is 2.36. The number of hydrogen-bond acceptors (Lipinski definition) is 9. The van der Waals surface area contributed by atoms with Crippen molar-refractivity contribution in [2.75, 3.05) is 18.0 Å². The zero-order valence-electron chi connectivity index (χ0n) is 21.2. The van der Waals surface area contributed by atoms with E-state index in [1.165, 1.54) is 4.90 Å². The van der Waals surface area contributed by atoms with Gasteiger partial charge in [0.2, 0.25) is 0 Å². The van der Waals surface area contributed by atoms with Gasteiger partial charge in [0, 0.05) is 30.9 Å². The van der Waals surface area contributed by atoms with Crippen molar-refractivity contribution in [3.63, 3.8) is 0 Å². The number of imide groups is 1. The van der Waals surface area contributed by atoms with Gasteiger partial charge in [-0.15, -0.1) is 10.2 Å². The smallest absolute Gasteiger partial charge is 0.305 e. The number of carbonyl (C=O) groups excluding carboxylic acids is 2. The van der Waals surface area contributed by atoms with Crippen LogP contribution in [0.4, 0.5) is 28.4 Å². The summed E-state index contributed by atoms with van der Waals surface area (Å²) in [6.07, 6.45) is 0. The first-order chi connectivity index (χ1) is 18.5. The number of nitro groups is 2. The number of anilines is 1. The van der Waals surface area contributed by atoms with E-state index < -0.39 is 21.2 Å². The maximum atomic E-state index is 12.8. The van der Waals surface area contributed by atoms with Crippen molar-refractivity contribution in [1.82, 2.24) is 4.90 Å². The van der Waals surface area contributed by atoms with E-state index in [-0.39, 0.29) is 35.1 Å². The molecule has 200 valence electrons. The number of benzene rings is 3. The lowest BCUT2D eigenvalue weighted by atomic mass is 10.1.